The van der Waals surface area contributed by atoms with Crippen molar-refractivity contribution in [3.05, 3.63) is 63.5 Å². The zero-order chi connectivity index (χ0) is 17.3. The van der Waals surface area contributed by atoms with Gasteiger partial charge in [-0.3, -0.25) is 14.6 Å². The van der Waals surface area contributed by atoms with Gasteiger partial charge in [0.2, 0.25) is 5.78 Å². The number of fused-ring (bicyclic) bond motifs is 1. The van der Waals surface area contributed by atoms with E-state index in [1.807, 2.05) is 0 Å². The highest BCUT2D eigenvalue weighted by atomic mass is 35.5. The highest BCUT2D eigenvalue weighted by Gasteiger charge is 2.22. The molecule has 0 atom stereocenters. The molecule has 0 amide bonds. The van der Waals surface area contributed by atoms with Crippen LogP contribution >= 0.6 is 23.2 Å². The number of pyridine rings is 1. The number of ketones is 1. The third-order valence-electron chi connectivity index (χ3n) is 3.60. The van der Waals surface area contributed by atoms with Crippen LogP contribution in [0.4, 0.5) is 0 Å². The van der Waals surface area contributed by atoms with E-state index >= 15 is 0 Å². The molecule has 0 aliphatic heterocycles. The maximum atomic E-state index is 12.8. The molecule has 7 heteroatoms. The number of nitrogens with zero attached hydrogens (tertiary/aromatic N) is 1. The van der Waals surface area contributed by atoms with Crippen molar-refractivity contribution in [2.75, 3.05) is 7.11 Å². The summed E-state index contributed by atoms with van der Waals surface area (Å²) in [4.78, 5) is 31.6. The lowest BCUT2D eigenvalue weighted by Gasteiger charge is -2.04. The van der Waals surface area contributed by atoms with Crippen LogP contribution in [0.5, 0.6) is 0 Å². The average molecular weight is 363 g/mol. The first-order valence-corrected chi connectivity index (χ1v) is 7.78. The van der Waals surface area contributed by atoms with E-state index in [1.54, 1.807) is 24.3 Å². The van der Waals surface area contributed by atoms with Crippen molar-refractivity contribution in [2.45, 2.75) is 6.42 Å². The summed E-state index contributed by atoms with van der Waals surface area (Å²) >= 11 is 11.9. The van der Waals surface area contributed by atoms with Crippen molar-refractivity contribution in [1.82, 2.24) is 9.97 Å². The Morgan fingerprint density at radius 2 is 1.92 bits per heavy atom. The van der Waals surface area contributed by atoms with E-state index in [-0.39, 0.29) is 23.6 Å². The van der Waals surface area contributed by atoms with Crippen LogP contribution in [0, 0.1) is 0 Å². The fraction of sp³-hybridized carbons (Fsp3) is 0.118. The van der Waals surface area contributed by atoms with Crippen LogP contribution in [0.2, 0.25) is 10.0 Å². The number of hydrogen-bond acceptors (Lipinski definition) is 4. The monoisotopic (exact) mass is 362 g/mol. The van der Waals surface area contributed by atoms with Gasteiger partial charge in [0.25, 0.3) is 0 Å². The first-order valence-electron chi connectivity index (χ1n) is 7.02. The van der Waals surface area contributed by atoms with E-state index in [2.05, 4.69) is 9.97 Å². The van der Waals surface area contributed by atoms with Crippen molar-refractivity contribution >= 4 is 45.9 Å². The number of rotatable bonds is 4. The lowest BCUT2D eigenvalue weighted by molar-refractivity contribution is -0.139. The Bertz CT molecular complexity index is 950. The second-order valence-corrected chi connectivity index (χ2v) is 5.98. The number of ether oxygens (including phenoxy) is 1. The number of aromatic amines is 1. The van der Waals surface area contributed by atoms with Crippen LogP contribution in [-0.4, -0.2) is 28.8 Å². The molecular formula is C17H12Cl2N2O3. The molecule has 0 saturated carbocycles. The third kappa shape index (κ3) is 3.13. The Balaban J connectivity index is 2.16. The lowest BCUT2D eigenvalue weighted by atomic mass is 10.0. The van der Waals surface area contributed by atoms with Crippen molar-refractivity contribution in [3.8, 4) is 0 Å². The summed E-state index contributed by atoms with van der Waals surface area (Å²) in [6.07, 6.45) is 1.41. The Morgan fingerprint density at radius 3 is 2.62 bits per heavy atom. The summed E-state index contributed by atoms with van der Waals surface area (Å²) < 4.78 is 4.73. The van der Waals surface area contributed by atoms with E-state index in [9.17, 15) is 9.59 Å². The van der Waals surface area contributed by atoms with Crippen LogP contribution in [0.3, 0.4) is 0 Å². The summed E-state index contributed by atoms with van der Waals surface area (Å²) in [5, 5.41) is 1.66. The van der Waals surface area contributed by atoms with E-state index in [1.165, 1.54) is 19.4 Å². The minimum Gasteiger partial charge on any atom is -0.469 e. The Hall–Kier alpha value is -2.37. The van der Waals surface area contributed by atoms with Crippen molar-refractivity contribution in [1.29, 1.82) is 0 Å². The first-order chi connectivity index (χ1) is 11.5. The minimum absolute atomic E-state index is 0.0419. The smallest absolute Gasteiger partial charge is 0.310 e. The number of carbonyl (C=O) groups excluding carboxylic acids is 2. The molecule has 122 valence electrons. The van der Waals surface area contributed by atoms with Gasteiger partial charge in [-0.15, -0.1) is 0 Å². The summed E-state index contributed by atoms with van der Waals surface area (Å²) in [7, 11) is 1.30. The van der Waals surface area contributed by atoms with Crippen LogP contribution in [0.25, 0.3) is 10.9 Å². The van der Waals surface area contributed by atoms with Crippen molar-refractivity contribution in [3.63, 3.8) is 0 Å². The van der Waals surface area contributed by atoms with Crippen LogP contribution in [-0.2, 0) is 16.0 Å². The lowest BCUT2D eigenvalue weighted by Crippen LogP contribution is -2.11. The van der Waals surface area contributed by atoms with E-state index in [0.717, 1.165) is 5.39 Å². The number of aromatic nitrogens is 2. The number of hydrogen-bond donors (Lipinski definition) is 1. The molecule has 5 nitrogen and oxygen atoms in total. The standard InChI is InChI=1S/C17H12Cl2N2O3/c1-24-15(22)8-12-11-3-2-9(18)6-13(11)21-16(12)17(23)14-7-10(19)4-5-20-14/h2-7,21H,8H2,1H3. The molecule has 0 saturated heterocycles. The Morgan fingerprint density at radius 1 is 1.17 bits per heavy atom. The van der Waals surface area contributed by atoms with Crippen molar-refractivity contribution < 1.29 is 14.3 Å². The van der Waals surface area contributed by atoms with Gasteiger partial charge in [0.05, 0.1) is 19.2 Å². The minimum atomic E-state index is -0.445. The molecule has 2 aromatic heterocycles. The summed E-state index contributed by atoms with van der Waals surface area (Å²) in [5.41, 5.74) is 1.66. The molecular weight excluding hydrogens is 351 g/mol. The third-order valence-corrected chi connectivity index (χ3v) is 4.07. The number of nitrogens with one attached hydrogen (secondary N) is 1. The zero-order valence-corrected chi connectivity index (χ0v) is 14.1. The first kappa shape index (κ1) is 16.5. The molecule has 1 N–H and O–H groups in total. The van der Waals surface area contributed by atoms with Gasteiger partial charge in [-0.1, -0.05) is 29.3 Å². The molecule has 0 fully saturated rings. The molecule has 3 aromatic rings. The molecule has 2 heterocycles. The molecule has 0 radical (unpaired) electrons. The van der Waals surface area contributed by atoms with Crippen molar-refractivity contribution in [2.24, 2.45) is 0 Å². The van der Waals surface area contributed by atoms with Gasteiger partial charge in [0.1, 0.15) is 5.69 Å². The molecule has 0 spiro atoms. The Labute approximate surface area is 147 Å². The van der Waals surface area contributed by atoms with Crippen LogP contribution < -0.4 is 0 Å². The SMILES string of the molecule is COC(=O)Cc1c(C(=O)c2cc(Cl)ccn2)[nH]c2cc(Cl)ccc12. The summed E-state index contributed by atoms with van der Waals surface area (Å²) in [6, 6.07) is 8.21. The quantitative estimate of drug-likeness (QED) is 0.565. The van der Waals surface area contributed by atoms with Gasteiger partial charge in [0.15, 0.2) is 0 Å². The topological polar surface area (TPSA) is 72.1 Å². The van der Waals surface area contributed by atoms with E-state index < -0.39 is 5.97 Å². The number of esters is 1. The summed E-state index contributed by atoms with van der Waals surface area (Å²) in [6.45, 7) is 0. The second kappa shape index (κ2) is 6.63. The largest absolute Gasteiger partial charge is 0.469 e. The Kier molecular flexibility index (Phi) is 4.55. The molecule has 24 heavy (non-hydrogen) atoms. The van der Waals surface area contributed by atoms with Gasteiger partial charge >= 0.3 is 5.97 Å². The number of methoxy groups -OCH3 is 1. The molecule has 0 unspecified atom stereocenters. The molecule has 3 rings (SSSR count). The molecule has 1 aromatic carbocycles. The van der Waals surface area contributed by atoms with Crippen LogP contribution in [0.15, 0.2) is 36.5 Å². The van der Waals surface area contributed by atoms with Gasteiger partial charge in [-0.25, -0.2) is 0 Å². The average Bonchev–Trinajstić information content (AvgIpc) is 2.91. The highest BCUT2D eigenvalue weighted by Crippen LogP contribution is 2.27. The maximum absolute atomic E-state index is 12.8. The second-order valence-electron chi connectivity index (χ2n) is 5.11. The molecule has 0 aliphatic rings. The predicted octanol–water partition coefficient (Wildman–Crippen LogP) is 3.82. The predicted molar refractivity (Wildman–Crippen MR) is 91.7 cm³/mol. The van der Waals surface area contributed by atoms with E-state index in [4.69, 9.17) is 27.9 Å². The maximum Gasteiger partial charge on any atom is 0.310 e. The summed E-state index contributed by atoms with van der Waals surface area (Å²) in [5.74, 6) is -0.803. The normalized spacial score (nSPS) is 10.8. The highest BCUT2D eigenvalue weighted by molar-refractivity contribution is 6.31. The van der Waals surface area contributed by atoms with Gasteiger partial charge < -0.3 is 9.72 Å². The van der Waals surface area contributed by atoms with Gasteiger partial charge in [-0.2, -0.15) is 0 Å². The van der Waals surface area contributed by atoms with Gasteiger partial charge in [0, 0.05) is 32.7 Å². The van der Waals surface area contributed by atoms with E-state index in [0.29, 0.717) is 21.1 Å². The number of carbonyl (C=O) groups is 2. The van der Waals surface area contributed by atoms with Gasteiger partial charge in [-0.05, 0) is 24.3 Å². The zero-order valence-electron chi connectivity index (χ0n) is 12.6. The fourth-order valence-electron chi connectivity index (χ4n) is 2.48. The van der Waals surface area contributed by atoms with Crippen LogP contribution in [0.1, 0.15) is 21.7 Å². The number of benzene rings is 1. The number of halogens is 2. The molecule has 0 bridgehead atoms. The fourth-order valence-corrected chi connectivity index (χ4v) is 2.81. The number of H-pyrrole nitrogens is 1. The molecule has 0 aliphatic carbocycles.